The Balaban J connectivity index is 2.86. The molecule has 17 heavy (non-hydrogen) atoms. The maximum atomic E-state index is 11.7. The first-order valence-corrected chi connectivity index (χ1v) is 5.14. The number of aliphatic carboxylic acids is 1. The lowest BCUT2D eigenvalue weighted by Crippen LogP contribution is -2.38. The van der Waals surface area contributed by atoms with Crippen molar-refractivity contribution in [2.45, 2.75) is 19.9 Å². The molecule has 1 aromatic carbocycles. The van der Waals surface area contributed by atoms with Gasteiger partial charge in [-0.05, 0) is 31.5 Å². The average Bonchev–Trinajstić information content (AvgIpc) is 2.29. The zero-order chi connectivity index (χ0) is 13.0. The van der Waals surface area contributed by atoms with Gasteiger partial charge in [0.2, 0.25) is 0 Å². The molecule has 0 aromatic heterocycles. The van der Waals surface area contributed by atoms with Gasteiger partial charge in [0.05, 0.1) is 7.11 Å². The van der Waals surface area contributed by atoms with E-state index in [0.717, 1.165) is 5.56 Å². The van der Waals surface area contributed by atoms with Crippen LogP contribution in [0.1, 0.15) is 22.8 Å². The summed E-state index contributed by atoms with van der Waals surface area (Å²) in [6.07, 6.45) is 0. The number of hydrogen-bond acceptors (Lipinski definition) is 3. The van der Waals surface area contributed by atoms with Crippen LogP contribution in [-0.4, -0.2) is 30.1 Å². The van der Waals surface area contributed by atoms with Gasteiger partial charge in [-0.25, -0.2) is 0 Å². The van der Waals surface area contributed by atoms with Gasteiger partial charge in [-0.15, -0.1) is 0 Å². The number of hydrogen-bond donors (Lipinski definition) is 2. The Labute approximate surface area is 99.4 Å². The van der Waals surface area contributed by atoms with Gasteiger partial charge in [0, 0.05) is 5.56 Å². The summed E-state index contributed by atoms with van der Waals surface area (Å²) < 4.78 is 5.09. The van der Waals surface area contributed by atoms with Crippen LogP contribution in [0, 0.1) is 6.92 Å². The second-order valence-corrected chi connectivity index (χ2v) is 3.72. The lowest BCUT2D eigenvalue weighted by Gasteiger charge is -2.11. The van der Waals surface area contributed by atoms with Crippen LogP contribution in [0.2, 0.25) is 0 Å². The van der Waals surface area contributed by atoms with E-state index in [0.29, 0.717) is 11.3 Å². The molecule has 0 saturated heterocycles. The van der Waals surface area contributed by atoms with Gasteiger partial charge in [-0.1, -0.05) is 6.07 Å². The number of carbonyl (C=O) groups is 2. The Morgan fingerprint density at radius 2 is 2.06 bits per heavy atom. The summed E-state index contributed by atoms with van der Waals surface area (Å²) in [4.78, 5) is 22.3. The van der Waals surface area contributed by atoms with Gasteiger partial charge < -0.3 is 15.2 Å². The van der Waals surface area contributed by atoms with Crippen molar-refractivity contribution in [2.24, 2.45) is 0 Å². The zero-order valence-corrected chi connectivity index (χ0v) is 9.98. The molecule has 92 valence electrons. The molecule has 0 unspecified atom stereocenters. The first-order valence-electron chi connectivity index (χ1n) is 5.14. The first kappa shape index (κ1) is 13.0. The number of nitrogens with one attached hydrogen (secondary N) is 1. The molecule has 0 heterocycles. The summed E-state index contributed by atoms with van der Waals surface area (Å²) in [6, 6.07) is 4.04. The number of rotatable bonds is 4. The van der Waals surface area contributed by atoms with E-state index in [-0.39, 0.29) is 0 Å². The minimum Gasteiger partial charge on any atom is -0.496 e. The van der Waals surface area contributed by atoms with Gasteiger partial charge in [0.25, 0.3) is 5.91 Å². The summed E-state index contributed by atoms with van der Waals surface area (Å²) >= 11 is 0. The van der Waals surface area contributed by atoms with Crippen LogP contribution in [0.4, 0.5) is 0 Å². The molecule has 5 nitrogen and oxygen atoms in total. The maximum Gasteiger partial charge on any atom is 0.325 e. The van der Waals surface area contributed by atoms with Crippen molar-refractivity contribution < 1.29 is 19.4 Å². The molecule has 0 spiro atoms. The molecular formula is C12H15NO4. The summed E-state index contributed by atoms with van der Waals surface area (Å²) in [6.45, 7) is 3.27. The molecule has 5 heteroatoms. The van der Waals surface area contributed by atoms with Crippen molar-refractivity contribution >= 4 is 11.9 Å². The largest absolute Gasteiger partial charge is 0.496 e. The summed E-state index contributed by atoms with van der Waals surface area (Å²) in [7, 11) is 1.52. The zero-order valence-electron chi connectivity index (χ0n) is 9.98. The topological polar surface area (TPSA) is 75.6 Å². The number of methoxy groups -OCH3 is 1. The fourth-order valence-electron chi connectivity index (χ4n) is 1.30. The number of aryl methyl sites for hydroxylation is 1. The van der Waals surface area contributed by atoms with E-state index in [2.05, 4.69) is 5.32 Å². The van der Waals surface area contributed by atoms with E-state index in [9.17, 15) is 9.59 Å². The van der Waals surface area contributed by atoms with Crippen LogP contribution in [0.3, 0.4) is 0 Å². The van der Waals surface area contributed by atoms with Crippen molar-refractivity contribution in [3.05, 3.63) is 29.3 Å². The quantitative estimate of drug-likeness (QED) is 0.825. The SMILES string of the molecule is COc1cc(C(=O)N[C@H](C)C(=O)O)ccc1C. The highest BCUT2D eigenvalue weighted by molar-refractivity contribution is 5.96. The Morgan fingerprint density at radius 1 is 1.41 bits per heavy atom. The Bertz CT molecular complexity index is 442. The number of carboxylic acid groups (broad SMARTS) is 1. The van der Waals surface area contributed by atoms with E-state index in [4.69, 9.17) is 9.84 Å². The lowest BCUT2D eigenvalue weighted by atomic mass is 10.1. The molecule has 0 radical (unpaired) electrons. The van der Waals surface area contributed by atoms with Gasteiger partial charge in [-0.3, -0.25) is 9.59 Å². The molecular weight excluding hydrogens is 222 g/mol. The third kappa shape index (κ3) is 3.21. The molecule has 0 saturated carbocycles. The van der Waals surface area contributed by atoms with E-state index >= 15 is 0 Å². The van der Waals surface area contributed by atoms with Crippen LogP contribution in [-0.2, 0) is 4.79 Å². The van der Waals surface area contributed by atoms with Crippen LogP contribution in [0.5, 0.6) is 5.75 Å². The fourth-order valence-corrected chi connectivity index (χ4v) is 1.30. The molecule has 2 N–H and O–H groups in total. The molecule has 1 atom stereocenters. The second-order valence-electron chi connectivity index (χ2n) is 3.72. The highest BCUT2D eigenvalue weighted by Crippen LogP contribution is 2.18. The minimum absolute atomic E-state index is 0.376. The van der Waals surface area contributed by atoms with E-state index in [1.165, 1.54) is 14.0 Å². The monoisotopic (exact) mass is 237 g/mol. The highest BCUT2D eigenvalue weighted by Gasteiger charge is 2.15. The van der Waals surface area contributed by atoms with Crippen molar-refractivity contribution in [3.8, 4) is 5.75 Å². The minimum atomic E-state index is -1.07. The number of carboxylic acids is 1. The van der Waals surface area contributed by atoms with E-state index < -0.39 is 17.9 Å². The second kappa shape index (κ2) is 5.34. The van der Waals surface area contributed by atoms with E-state index in [1.54, 1.807) is 18.2 Å². The normalized spacial score (nSPS) is 11.7. The highest BCUT2D eigenvalue weighted by atomic mass is 16.5. The Kier molecular flexibility index (Phi) is 4.09. The van der Waals surface area contributed by atoms with Crippen molar-refractivity contribution in [1.29, 1.82) is 0 Å². The standard InChI is InChI=1S/C12H15NO4/c1-7-4-5-9(6-10(7)17-3)11(14)13-8(2)12(15)16/h4-6,8H,1-3H3,(H,13,14)(H,15,16)/t8-/m1/s1. The third-order valence-corrected chi connectivity index (χ3v) is 2.39. The number of carbonyl (C=O) groups excluding carboxylic acids is 1. The third-order valence-electron chi connectivity index (χ3n) is 2.39. The van der Waals surface area contributed by atoms with Crippen molar-refractivity contribution in [1.82, 2.24) is 5.32 Å². The molecule has 0 aliphatic carbocycles. The predicted molar refractivity (Wildman–Crippen MR) is 62.3 cm³/mol. The molecule has 1 rings (SSSR count). The lowest BCUT2D eigenvalue weighted by molar-refractivity contribution is -0.138. The van der Waals surface area contributed by atoms with Crippen molar-refractivity contribution in [2.75, 3.05) is 7.11 Å². The van der Waals surface area contributed by atoms with E-state index in [1.807, 2.05) is 6.92 Å². The van der Waals surface area contributed by atoms with Gasteiger partial charge in [0.1, 0.15) is 11.8 Å². The molecule has 0 fully saturated rings. The van der Waals surface area contributed by atoms with Crippen LogP contribution < -0.4 is 10.1 Å². The summed E-state index contributed by atoms with van der Waals surface area (Å²) in [5.41, 5.74) is 1.29. The summed E-state index contributed by atoms with van der Waals surface area (Å²) in [5, 5.41) is 11.1. The van der Waals surface area contributed by atoms with Gasteiger partial charge in [0.15, 0.2) is 0 Å². The Hall–Kier alpha value is -2.04. The predicted octanol–water partition coefficient (Wildman–Crippen LogP) is 1.21. The van der Waals surface area contributed by atoms with Crippen LogP contribution in [0.15, 0.2) is 18.2 Å². The fraction of sp³-hybridized carbons (Fsp3) is 0.333. The van der Waals surface area contributed by atoms with Crippen LogP contribution in [0.25, 0.3) is 0 Å². The van der Waals surface area contributed by atoms with Crippen LogP contribution >= 0.6 is 0 Å². The number of benzene rings is 1. The maximum absolute atomic E-state index is 11.7. The number of ether oxygens (including phenoxy) is 1. The average molecular weight is 237 g/mol. The molecule has 0 bridgehead atoms. The van der Waals surface area contributed by atoms with Gasteiger partial charge in [-0.2, -0.15) is 0 Å². The molecule has 1 aromatic rings. The number of amides is 1. The van der Waals surface area contributed by atoms with Crippen molar-refractivity contribution in [3.63, 3.8) is 0 Å². The molecule has 0 aliphatic heterocycles. The smallest absolute Gasteiger partial charge is 0.325 e. The first-order chi connectivity index (χ1) is 7.95. The molecule has 0 aliphatic rings. The Morgan fingerprint density at radius 3 is 2.59 bits per heavy atom. The molecule has 1 amide bonds. The summed E-state index contributed by atoms with van der Waals surface area (Å²) in [5.74, 6) is -0.906. The van der Waals surface area contributed by atoms with Gasteiger partial charge >= 0.3 is 5.97 Å².